The zero-order valence-corrected chi connectivity index (χ0v) is 12.0. The third-order valence-corrected chi connectivity index (χ3v) is 4.00. The molecule has 1 aliphatic heterocycles. The molecule has 0 amide bonds. The number of hydrogen-bond acceptors (Lipinski definition) is 3. The minimum absolute atomic E-state index is 0.0424. The molecule has 0 bridgehead atoms. The highest BCUT2D eigenvalue weighted by Crippen LogP contribution is 2.28. The van der Waals surface area contributed by atoms with Crippen molar-refractivity contribution < 1.29 is 9.18 Å². The number of anilines is 1. The minimum Gasteiger partial charge on any atom is -0.368 e. The van der Waals surface area contributed by atoms with Crippen molar-refractivity contribution in [3.8, 4) is 0 Å². The van der Waals surface area contributed by atoms with Crippen LogP contribution >= 0.6 is 0 Å². The number of Topliss-reactive ketones (excluding diaryl/α,β-unsaturated/α-hetero) is 1. The van der Waals surface area contributed by atoms with Crippen molar-refractivity contribution in [2.24, 2.45) is 0 Å². The molecule has 104 valence electrons. The Hall–Kier alpha value is -1.42. The summed E-state index contributed by atoms with van der Waals surface area (Å²) in [6.07, 6.45) is 0. The molecule has 0 atom stereocenters. The van der Waals surface area contributed by atoms with Crippen LogP contribution in [0.25, 0.3) is 0 Å². The van der Waals surface area contributed by atoms with Crippen LogP contribution < -0.4 is 4.90 Å². The minimum atomic E-state index is -0.359. The van der Waals surface area contributed by atoms with Crippen LogP contribution in [-0.2, 0) is 0 Å². The molecule has 19 heavy (non-hydrogen) atoms. The van der Waals surface area contributed by atoms with Gasteiger partial charge in [0.2, 0.25) is 0 Å². The molecule has 3 nitrogen and oxygen atoms in total. The number of ketones is 1. The lowest BCUT2D eigenvalue weighted by Crippen LogP contribution is -2.57. The van der Waals surface area contributed by atoms with Gasteiger partial charge in [-0.1, -0.05) is 0 Å². The number of halogens is 1. The van der Waals surface area contributed by atoms with Gasteiger partial charge < -0.3 is 4.90 Å². The van der Waals surface area contributed by atoms with E-state index in [1.54, 1.807) is 6.07 Å². The Morgan fingerprint density at radius 1 is 1.32 bits per heavy atom. The van der Waals surface area contributed by atoms with Crippen LogP contribution in [0.5, 0.6) is 0 Å². The Morgan fingerprint density at radius 3 is 2.58 bits per heavy atom. The highest BCUT2D eigenvalue weighted by molar-refractivity contribution is 5.99. The van der Waals surface area contributed by atoms with E-state index in [4.69, 9.17) is 0 Å². The molecule has 1 saturated heterocycles. The molecule has 1 aliphatic rings. The van der Waals surface area contributed by atoms with Crippen LogP contribution in [0.4, 0.5) is 10.1 Å². The molecule has 4 heteroatoms. The van der Waals surface area contributed by atoms with Crippen molar-refractivity contribution in [3.05, 3.63) is 29.6 Å². The standard InChI is InChI=1S/C15H21FN2O/c1-11(19)13-9-12(16)5-6-14(13)18-8-7-17(4)15(2,3)10-18/h5-6,9H,7-8,10H2,1-4H3. The molecule has 1 heterocycles. The van der Waals surface area contributed by atoms with E-state index >= 15 is 0 Å². The van der Waals surface area contributed by atoms with Gasteiger partial charge in [-0.15, -0.1) is 0 Å². The third-order valence-electron chi connectivity index (χ3n) is 4.00. The van der Waals surface area contributed by atoms with E-state index in [9.17, 15) is 9.18 Å². The average molecular weight is 264 g/mol. The van der Waals surface area contributed by atoms with E-state index in [0.29, 0.717) is 5.56 Å². The van der Waals surface area contributed by atoms with Gasteiger partial charge in [-0.25, -0.2) is 4.39 Å². The molecule has 0 unspecified atom stereocenters. The van der Waals surface area contributed by atoms with Crippen molar-refractivity contribution in [3.63, 3.8) is 0 Å². The maximum Gasteiger partial charge on any atom is 0.161 e. The smallest absolute Gasteiger partial charge is 0.161 e. The van der Waals surface area contributed by atoms with E-state index in [0.717, 1.165) is 25.3 Å². The molecule has 1 aromatic rings. The predicted octanol–water partition coefficient (Wildman–Crippen LogP) is 2.56. The summed E-state index contributed by atoms with van der Waals surface area (Å²) in [4.78, 5) is 16.2. The first-order chi connectivity index (χ1) is 8.81. The third kappa shape index (κ3) is 2.78. The highest BCUT2D eigenvalue weighted by atomic mass is 19.1. The second kappa shape index (κ2) is 4.93. The average Bonchev–Trinajstić information content (AvgIpc) is 2.32. The monoisotopic (exact) mass is 264 g/mol. The molecule has 1 fully saturated rings. The molecule has 1 aromatic carbocycles. The van der Waals surface area contributed by atoms with Crippen LogP contribution in [0.2, 0.25) is 0 Å². The summed E-state index contributed by atoms with van der Waals surface area (Å²) in [5.74, 6) is -0.450. The maximum atomic E-state index is 13.3. The zero-order chi connectivity index (χ0) is 14.2. The number of hydrogen-bond donors (Lipinski definition) is 0. The summed E-state index contributed by atoms with van der Waals surface area (Å²) in [5.41, 5.74) is 1.36. The van der Waals surface area contributed by atoms with Crippen LogP contribution in [-0.4, -0.2) is 42.9 Å². The first kappa shape index (κ1) is 14.0. The molecule has 0 aliphatic carbocycles. The fourth-order valence-electron chi connectivity index (χ4n) is 2.51. The number of piperazine rings is 1. The number of likely N-dealkylation sites (N-methyl/N-ethyl adjacent to an activating group) is 1. The van der Waals surface area contributed by atoms with Gasteiger partial charge in [0.1, 0.15) is 5.82 Å². The number of nitrogens with zero attached hydrogens (tertiary/aromatic N) is 2. The van der Waals surface area contributed by atoms with Gasteiger partial charge in [0.25, 0.3) is 0 Å². The van der Waals surface area contributed by atoms with E-state index in [-0.39, 0.29) is 17.1 Å². The molecule has 0 aromatic heterocycles. The molecule has 0 saturated carbocycles. The first-order valence-corrected chi connectivity index (χ1v) is 6.58. The Kier molecular flexibility index (Phi) is 3.63. The van der Waals surface area contributed by atoms with Gasteiger partial charge in [-0.05, 0) is 46.0 Å². The summed E-state index contributed by atoms with van der Waals surface area (Å²) in [6.45, 7) is 8.45. The normalized spacial score (nSPS) is 19.5. The Labute approximate surface area is 114 Å². The van der Waals surface area contributed by atoms with E-state index in [2.05, 4.69) is 30.7 Å². The van der Waals surface area contributed by atoms with E-state index in [1.807, 2.05) is 0 Å². The van der Waals surface area contributed by atoms with Crippen LogP contribution in [0, 0.1) is 5.82 Å². The van der Waals surface area contributed by atoms with Gasteiger partial charge in [0, 0.05) is 36.4 Å². The largest absolute Gasteiger partial charge is 0.368 e. The van der Waals surface area contributed by atoms with E-state index in [1.165, 1.54) is 19.1 Å². The number of rotatable bonds is 2. The fourth-order valence-corrected chi connectivity index (χ4v) is 2.51. The van der Waals surface area contributed by atoms with Gasteiger partial charge in [0.05, 0.1) is 0 Å². The lowest BCUT2D eigenvalue weighted by atomic mass is 9.98. The SMILES string of the molecule is CC(=O)c1cc(F)ccc1N1CCN(C)C(C)(C)C1. The molecule has 0 N–H and O–H groups in total. The van der Waals surface area contributed by atoms with Crippen molar-refractivity contribution in [1.82, 2.24) is 4.90 Å². The Morgan fingerprint density at radius 2 is 2.00 bits per heavy atom. The quantitative estimate of drug-likeness (QED) is 0.767. The molecular weight excluding hydrogens is 243 g/mol. The Balaban J connectivity index is 2.35. The lowest BCUT2D eigenvalue weighted by Gasteiger charge is -2.46. The van der Waals surface area contributed by atoms with Gasteiger partial charge in [-0.2, -0.15) is 0 Å². The summed E-state index contributed by atoms with van der Waals surface area (Å²) in [5, 5.41) is 0. The highest BCUT2D eigenvalue weighted by Gasteiger charge is 2.32. The maximum absolute atomic E-state index is 13.3. The lowest BCUT2D eigenvalue weighted by molar-refractivity contribution is 0.101. The zero-order valence-electron chi connectivity index (χ0n) is 12.0. The van der Waals surface area contributed by atoms with Crippen molar-refractivity contribution in [1.29, 1.82) is 0 Å². The molecule has 0 radical (unpaired) electrons. The summed E-state index contributed by atoms with van der Waals surface area (Å²) in [7, 11) is 2.11. The topological polar surface area (TPSA) is 23.6 Å². The van der Waals surface area contributed by atoms with Crippen molar-refractivity contribution in [2.75, 3.05) is 31.6 Å². The summed E-state index contributed by atoms with van der Waals surface area (Å²) < 4.78 is 13.3. The fraction of sp³-hybridized carbons (Fsp3) is 0.533. The molecular formula is C15H21FN2O. The van der Waals surface area contributed by atoms with Crippen LogP contribution in [0.3, 0.4) is 0 Å². The van der Waals surface area contributed by atoms with Gasteiger partial charge in [-0.3, -0.25) is 9.69 Å². The van der Waals surface area contributed by atoms with Gasteiger partial charge >= 0.3 is 0 Å². The molecule has 0 spiro atoms. The second-order valence-electron chi connectivity index (χ2n) is 5.87. The van der Waals surface area contributed by atoms with Crippen molar-refractivity contribution in [2.45, 2.75) is 26.3 Å². The summed E-state index contributed by atoms with van der Waals surface area (Å²) >= 11 is 0. The van der Waals surface area contributed by atoms with Crippen LogP contribution in [0.15, 0.2) is 18.2 Å². The van der Waals surface area contributed by atoms with Crippen LogP contribution in [0.1, 0.15) is 31.1 Å². The predicted molar refractivity (Wildman–Crippen MR) is 75.3 cm³/mol. The summed E-state index contributed by atoms with van der Waals surface area (Å²) in [6, 6.07) is 4.48. The van der Waals surface area contributed by atoms with Crippen molar-refractivity contribution >= 4 is 11.5 Å². The first-order valence-electron chi connectivity index (χ1n) is 6.58. The van der Waals surface area contributed by atoms with E-state index < -0.39 is 0 Å². The Bertz CT molecular complexity index is 499. The van der Waals surface area contributed by atoms with Gasteiger partial charge in [0.15, 0.2) is 5.78 Å². The number of carbonyl (C=O) groups excluding carboxylic acids is 1. The molecule has 2 rings (SSSR count). The number of carbonyl (C=O) groups is 1. The number of benzene rings is 1. The second-order valence-corrected chi connectivity index (χ2v) is 5.87.